The quantitative estimate of drug-likeness (QED) is 0.727. The molecular weight excluding hydrogens is 248 g/mol. The lowest BCUT2D eigenvalue weighted by molar-refractivity contribution is 1.19. The summed E-state index contributed by atoms with van der Waals surface area (Å²) in [4.78, 5) is 0. The van der Waals surface area contributed by atoms with Crippen LogP contribution in [0.3, 0.4) is 0 Å². The molecule has 0 saturated heterocycles. The number of hydrogen-bond donors (Lipinski definition) is 0. The molecule has 0 heterocycles. The Bertz CT molecular complexity index is 403. The van der Waals surface area contributed by atoms with Crippen molar-refractivity contribution < 1.29 is 0 Å². The van der Waals surface area contributed by atoms with Crippen LogP contribution in [0.1, 0.15) is 16.7 Å². The number of hydrogen-bond acceptors (Lipinski definition) is 0. The van der Waals surface area contributed by atoms with Crippen molar-refractivity contribution in [2.75, 3.05) is 0 Å². The van der Waals surface area contributed by atoms with Crippen molar-refractivity contribution in [2.45, 2.75) is 11.8 Å². The zero-order chi connectivity index (χ0) is 10.5. The summed E-state index contributed by atoms with van der Waals surface area (Å²) in [5.74, 6) is 0. The van der Waals surface area contributed by atoms with E-state index >= 15 is 0 Å². The molecule has 76 valence electrons. The minimum absolute atomic E-state index is 0.929. The molecule has 0 aliphatic rings. The maximum Gasteiger partial charge on any atom is 0.0283 e. The van der Waals surface area contributed by atoms with Gasteiger partial charge in [0.05, 0.1) is 0 Å². The number of rotatable bonds is 3. The van der Waals surface area contributed by atoms with Crippen LogP contribution >= 0.6 is 15.9 Å². The van der Waals surface area contributed by atoms with E-state index in [1.54, 1.807) is 0 Å². The molecule has 2 aromatic rings. The third kappa shape index (κ3) is 2.93. The van der Waals surface area contributed by atoms with E-state index in [0.29, 0.717) is 0 Å². The zero-order valence-electron chi connectivity index (χ0n) is 8.49. The predicted molar refractivity (Wildman–Crippen MR) is 68.3 cm³/mol. The van der Waals surface area contributed by atoms with Crippen LogP contribution < -0.4 is 0 Å². The van der Waals surface area contributed by atoms with Gasteiger partial charge in [0.1, 0.15) is 0 Å². The summed E-state index contributed by atoms with van der Waals surface area (Å²) in [5.41, 5.74) is 4.06. The van der Waals surface area contributed by atoms with E-state index in [9.17, 15) is 0 Å². The Morgan fingerprint density at radius 1 is 0.667 bits per heavy atom. The lowest BCUT2D eigenvalue weighted by Gasteiger charge is -2.02. The highest BCUT2D eigenvalue weighted by atomic mass is 79.9. The molecule has 1 heteroatoms. The molecule has 0 atom stereocenters. The molecule has 0 aromatic heterocycles. The van der Waals surface area contributed by atoms with Crippen LogP contribution in [0.5, 0.6) is 0 Å². The monoisotopic (exact) mass is 260 g/mol. The minimum atomic E-state index is 0.929. The zero-order valence-corrected chi connectivity index (χ0v) is 10.1. The molecular formula is C14H13Br. The number of halogens is 1. The first-order chi connectivity index (χ1) is 7.38. The van der Waals surface area contributed by atoms with Crippen molar-refractivity contribution in [3.63, 3.8) is 0 Å². The van der Waals surface area contributed by atoms with Gasteiger partial charge in [0.2, 0.25) is 0 Å². The second-order valence-corrected chi connectivity index (χ2v) is 4.17. The predicted octanol–water partition coefficient (Wildman–Crippen LogP) is 4.17. The summed E-state index contributed by atoms with van der Waals surface area (Å²) in [6.45, 7) is 0. The average molecular weight is 261 g/mol. The summed E-state index contributed by atoms with van der Waals surface area (Å²) in [7, 11) is 0. The standard InChI is InChI=1S/C14H13Br/c15-11-14-8-6-13(7-9-14)10-12-4-2-1-3-5-12/h1-9H,10-11H2. The van der Waals surface area contributed by atoms with Gasteiger partial charge in [0.25, 0.3) is 0 Å². The highest BCUT2D eigenvalue weighted by Crippen LogP contribution is 2.12. The molecule has 0 nitrogen and oxygen atoms in total. The van der Waals surface area contributed by atoms with E-state index in [2.05, 4.69) is 70.5 Å². The number of benzene rings is 2. The molecule has 0 unspecified atom stereocenters. The number of alkyl halides is 1. The molecule has 0 saturated carbocycles. The first-order valence-electron chi connectivity index (χ1n) is 5.06. The second kappa shape index (κ2) is 5.13. The van der Waals surface area contributed by atoms with Crippen molar-refractivity contribution in [2.24, 2.45) is 0 Å². The summed E-state index contributed by atoms with van der Waals surface area (Å²) < 4.78 is 0. The third-order valence-electron chi connectivity index (χ3n) is 2.43. The van der Waals surface area contributed by atoms with Gasteiger partial charge in [0.15, 0.2) is 0 Å². The third-order valence-corrected chi connectivity index (χ3v) is 3.08. The van der Waals surface area contributed by atoms with E-state index in [1.807, 2.05) is 0 Å². The largest absolute Gasteiger partial charge is 0.0876 e. The fraction of sp³-hybridized carbons (Fsp3) is 0.143. The molecule has 2 rings (SSSR count). The van der Waals surface area contributed by atoms with Gasteiger partial charge in [-0.25, -0.2) is 0 Å². The Morgan fingerprint density at radius 2 is 1.20 bits per heavy atom. The molecule has 0 aliphatic heterocycles. The van der Waals surface area contributed by atoms with Crippen molar-refractivity contribution in [1.29, 1.82) is 0 Å². The first-order valence-corrected chi connectivity index (χ1v) is 6.18. The Hall–Kier alpha value is -1.08. The second-order valence-electron chi connectivity index (χ2n) is 3.61. The lowest BCUT2D eigenvalue weighted by Crippen LogP contribution is -1.87. The van der Waals surface area contributed by atoms with Crippen molar-refractivity contribution >= 4 is 15.9 Å². The molecule has 0 N–H and O–H groups in total. The van der Waals surface area contributed by atoms with E-state index in [-0.39, 0.29) is 0 Å². The van der Waals surface area contributed by atoms with E-state index < -0.39 is 0 Å². The fourth-order valence-electron chi connectivity index (χ4n) is 1.58. The Kier molecular flexibility index (Phi) is 3.57. The van der Waals surface area contributed by atoms with E-state index in [0.717, 1.165) is 11.8 Å². The highest BCUT2D eigenvalue weighted by molar-refractivity contribution is 9.08. The van der Waals surface area contributed by atoms with Crippen molar-refractivity contribution in [3.05, 3.63) is 71.3 Å². The average Bonchev–Trinajstić information content (AvgIpc) is 2.31. The summed E-state index contributed by atoms with van der Waals surface area (Å²) in [6, 6.07) is 19.3. The van der Waals surface area contributed by atoms with Gasteiger partial charge in [-0.2, -0.15) is 0 Å². The van der Waals surface area contributed by atoms with Gasteiger partial charge in [-0.05, 0) is 23.1 Å². The molecule has 15 heavy (non-hydrogen) atoms. The first kappa shape index (κ1) is 10.4. The molecule has 0 fully saturated rings. The van der Waals surface area contributed by atoms with Crippen molar-refractivity contribution in [3.8, 4) is 0 Å². The maximum atomic E-state index is 3.45. The smallest absolute Gasteiger partial charge is 0.0283 e. The lowest BCUT2D eigenvalue weighted by atomic mass is 10.0. The van der Waals surface area contributed by atoms with Crippen LogP contribution in [0, 0.1) is 0 Å². The van der Waals surface area contributed by atoms with Crippen LogP contribution in [0.2, 0.25) is 0 Å². The molecule has 0 bridgehead atoms. The van der Waals surface area contributed by atoms with Crippen molar-refractivity contribution in [1.82, 2.24) is 0 Å². The maximum absolute atomic E-state index is 3.45. The van der Waals surface area contributed by atoms with Gasteiger partial charge < -0.3 is 0 Å². The molecule has 0 aliphatic carbocycles. The van der Waals surface area contributed by atoms with E-state index in [4.69, 9.17) is 0 Å². The van der Waals surface area contributed by atoms with Gasteiger partial charge in [0, 0.05) is 5.33 Å². The summed E-state index contributed by atoms with van der Waals surface area (Å²) in [6.07, 6.45) is 1.02. The van der Waals surface area contributed by atoms with Gasteiger partial charge in [-0.1, -0.05) is 70.5 Å². The van der Waals surface area contributed by atoms with Crippen LogP contribution in [-0.2, 0) is 11.8 Å². The van der Waals surface area contributed by atoms with Crippen LogP contribution in [0.15, 0.2) is 54.6 Å². The summed E-state index contributed by atoms with van der Waals surface area (Å²) in [5, 5.41) is 0.929. The topological polar surface area (TPSA) is 0 Å². The van der Waals surface area contributed by atoms with Crippen LogP contribution in [0.4, 0.5) is 0 Å². The van der Waals surface area contributed by atoms with Gasteiger partial charge >= 0.3 is 0 Å². The van der Waals surface area contributed by atoms with Gasteiger partial charge in [-0.3, -0.25) is 0 Å². The molecule has 0 radical (unpaired) electrons. The highest BCUT2D eigenvalue weighted by Gasteiger charge is 1.95. The van der Waals surface area contributed by atoms with E-state index in [1.165, 1.54) is 16.7 Å². The summed E-state index contributed by atoms with van der Waals surface area (Å²) >= 11 is 3.45. The Morgan fingerprint density at radius 3 is 1.80 bits per heavy atom. The molecule has 2 aromatic carbocycles. The van der Waals surface area contributed by atoms with Gasteiger partial charge in [-0.15, -0.1) is 0 Å². The SMILES string of the molecule is BrCc1ccc(Cc2ccccc2)cc1. The van der Waals surface area contributed by atoms with Crippen LogP contribution in [0.25, 0.3) is 0 Å². The minimum Gasteiger partial charge on any atom is -0.0876 e. The fourth-order valence-corrected chi connectivity index (χ4v) is 1.95. The Balaban J connectivity index is 2.11. The molecule has 0 amide bonds. The van der Waals surface area contributed by atoms with Crippen LogP contribution in [-0.4, -0.2) is 0 Å². The molecule has 0 spiro atoms. The normalized spacial score (nSPS) is 10.2. The Labute approximate surface area is 99.1 Å².